The number of hydrogen-bond donors (Lipinski definition) is 2. The van der Waals surface area contributed by atoms with Crippen molar-refractivity contribution in [2.75, 3.05) is 6.67 Å². The molecule has 0 aromatic rings. The second kappa shape index (κ2) is 6.11. The lowest BCUT2D eigenvalue weighted by molar-refractivity contribution is 0.596. The molecule has 0 heterocycles. The number of nitrogens with one attached hydrogen (secondary N) is 2. The zero-order chi connectivity index (χ0) is 7.28. The van der Waals surface area contributed by atoms with Crippen LogP contribution in [0.2, 0.25) is 0 Å². The Balaban J connectivity index is 2.91. The lowest BCUT2D eigenvalue weighted by atomic mass is 10.7. The van der Waals surface area contributed by atoms with Crippen molar-refractivity contribution in [2.24, 2.45) is 0 Å². The zero-order valence-electron chi connectivity index (χ0n) is 5.62. The molecule has 0 rings (SSSR count). The molecule has 0 saturated heterocycles. The van der Waals surface area contributed by atoms with E-state index in [1.807, 2.05) is 0 Å². The van der Waals surface area contributed by atoms with Gasteiger partial charge in [0.15, 0.2) is 0 Å². The summed E-state index contributed by atoms with van der Waals surface area (Å²) < 4.78 is 1.09. The first-order valence-corrected chi connectivity index (χ1v) is 5.37. The summed E-state index contributed by atoms with van der Waals surface area (Å²) in [5.74, 6) is 0. The summed E-state index contributed by atoms with van der Waals surface area (Å²) in [5.41, 5.74) is 0. The molecule has 0 fully saturated rings. The largest absolute Gasteiger partial charge is 0.293 e. The van der Waals surface area contributed by atoms with Crippen LogP contribution in [0.4, 0.5) is 0 Å². The summed E-state index contributed by atoms with van der Waals surface area (Å²) in [6.07, 6.45) is 0. The topological polar surface area (TPSA) is 24.1 Å². The van der Waals surface area contributed by atoms with Gasteiger partial charge in [0.1, 0.15) is 0 Å². The standard InChI is InChI=1S/C5H12I2N2/c1-4(6)8-3-9-5(2)7/h4-5,8-9H,3H2,1-2H3. The Morgan fingerprint density at radius 1 is 1.11 bits per heavy atom. The van der Waals surface area contributed by atoms with Crippen LogP contribution >= 0.6 is 45.2 Å². The molecule has 2 nitrogen and oxygen atoms in total. The molecule has 4 heteroatoms. The van der Waals surface area contributed by atoms with E-state index < -0.39 is 0 Å². The van der Waals surface area contributed by atoms with Gasteiger partial charge in [-0.2, -0.15) is 0 Å². The quantitative estimate of drug-likeness (QED) is 0.348. The molecular weight excluding hydrogens is 342 g/mol. The van der Waals surface area contributed by atoms with Gasteiger partial charge in [-0.25, -0.2) is 0 Å². The van der Waals surface area contributed by atoms with Crippen molar-refractivity contribution in [3.8, 4) is 0 Å². The molecule has 2 atom stereocenters. The predicted molar refractivity (Wildman–Crippen MR) is 58.1 cm³/mol. The minimum atomic E-state index is 0.547. The van der Waals surface area contributed by atoms with Crippen LogP contribution < -0.4 is 10.6 Å². The SMILES string of the molecule is CC(I)NCNC(C)I. The molecule has 0 aromatic carbocycles. The molecule has 0 spiro atoms. The number of hydrogen-bond acceptors (Lipinski definition) is 2. The highest BCUT2D eigenvalue weighted by Gasteiger charge is 1.93. The maximum Gasteiger partial charge on any atom is 0.0574 e. The van der Waals surface area contributed by atoms with Crippen LogP contribution in [0.5, 0.6) is 0 Å². The molecule has 56 valence electrons. The van der Waals surface area contributed by atoms with Gasteiger partial charge in [0.05, 0.1) is 8.10 Å². The second-order valence-corrected chi connectivity index (χ2v) is 5.55. The molecule has 0 aliphatic carbocycles. The fraction of sp³-hybridized carbons (Fsp3) is 1.00. The molecule has 2 unspecified atom stereocenters. The third-order valence-corrected chi connectivity index (χ3v) is 1.65. The lowest BCUT2D eigenvalue weighted by Gasteiger charge is -2.09. The fourth-order valence-corrected chi connectivity index (χ4v) is 0.781. The van der Waals surface area contributed by atoms with Crippen molar-refractivity contribution in [3.05, 3.63) is 0 Å². The van der Waals surface area contributed by atoms with E-state index in [9.17, 15) is 0 Å². The molecule has 0 amide bonds. The average Bonchev–Trinajstić information content (AvgIpc) is 1.63. The second-order valence-electron chi connectivity index (χ2n) is 1.82. The van der Waals surface area contributed by atoms with Crippen LogP contribution in [-0.4, -0.2) is 14.8 Å². The summed E-state index contributed by atoms with van der Waals surface area (Å²) in [6, 6.07) is 0. The van der Waals surface area contributed by atoms with Gasteiger partial charge >= 0.3 is 0 Å². The van der Waals surface area contributed by atoms with Gasteiger partial charge in [-0.15, -0.1) is 0 Å². The van der Waals surface area contributed by atoms with E-state index in [-0.39, 0.29) is 0 Å². The smallest absolute Gasteiger partial charge is 0.0574 e. The highest BCUT2D eigenvalue weighted by Crippen LogP contribution is 1.92. The minimum absolute atomic E-state index is 0.547. The van der Waals surface area contributed by atoms with Gasteiger partial charge in [-0.1, -0.05) is 45.2 Å². The fourth-order valence-electron chi connectivity index (χ4n) is 0.340. The van der Waals surface area contributed by atoms with Crippen LogP contribution in [0.15, 0.2) is 0 Å². The molecule has 0 aromatic heterocycles. The molecule has 0 aliphatic heterocycles. The van der Waals surface area contributed by atoms with Gasteiger partial charge < -0.3 is 0 Å². The van der Waals surface area contributed by atoms with Gasteiger partial charge in [0.25, 0.3) is 0 Å². The van der Waals surface area contributed by atoms with Gasteiger partial charge in [-0.05, 0) is 13.8 Å². The van der Waals surface area contributed by atoms with Gasteiger partial charge in [0.2, 0.25) is 0 Å². The zero-order valence-corrected chi connectivity index (χ0v) is 9.93. The van der Waals surface area contributed by atoms with Crippen molar-refractivity contribution in [1.29, 1.82) is 0 Å². The van der Waals surface area contributed by atoms with Crippen LogP contribution in [0.3, 0.4) is 0 Å². The number of rotatable bonds is 4. The molecule has 0 bridgehead atoms. The maximum atomic E-state index is 3.25. The van der Waals surface area contributed by atoms with Gasteiger partial charge in [0, 0.05) is 6.67 Å². The van der Waals surface area contributed by atoms with Crippen molar-refractivity contribution >= 4 is 45.2 Å². The average molecular weight is 354 g/mol. The lowest BCUT2D eigenvalue weighted by Crippen LogP contribution is -2.34. The molecule has 9 heavy (non-hydrogen) atoms. The maximum absolute atomic E-state index is 3.25. The van der Waals surface area contributed by atoms with Gasteiger partial charge in [-0.3, -0.25) is 10.6 Å². The van der Waals surface area contributed by atoms with E-state index in [0.29, 0.717) is 8.10 Å². The number of alkyl halides is 2. The first kappa shape index (κ1) is 10.4. The van der Waals surface area contributed by atoms with Crippen molar-refractivity contribution < 1.29 is 0 Å². The van der Waals surface area contributed by atoms with Crippen molar-refractivity contribution in [2.45, 2.75) is 21.9 Å². The summed E-state index contributed by atoms with van der Waals surface area (Å²) in [6.45, 7) is 5.15. The van der Waals surface area contributed by atoms with Crippen LogP contribution in [0.1, 0.15) is 13.8 Å². The highest BCUT2D eigenvalue weighted by atomic mass is 127. The van der Waals surface area contributed by atoms with E-state index in [2.05, 4.69) is 69.7 Å². The Labute approximate surface area is 83.8 Å². The van der Waals surface area contributed by atoms with Crippen molar-refractivity contribution in [3.63, 3.8) is 0 Å². The van der Waals surface area contributed by atoms with Crippen molar-refractivity contribution in [1.82, 2.24) is 10.6 Å². The first-order chi connectivity index (χ1) is 4.13. The first-order valence-electron chi connectivity index (χ1n) is 2.88. The Morgan fingerprint density at radius 2 is 1.44 bits per heavy atom. The third kappa shape index (κ3) is 9.38. The van der Waals surface area contributed by atoms with E-state index in [4.69, 9.17) is 0 Å². The monoisotopic (exact) mass is 354 g/mol. The molecule has 0 saturated carbocycles. The Hall–Kier alpha value is 1.38. The highest BCUT2D eigenvalue weighted by molar-refractivity contribution is 14.1. The third-order valence-electron chi connectivity index (χ3n) is 0.767. The minimum Gasteiger partial charge on any atom is -0.293 e. The summed E-state index contributed by atoms with van der Waals surface area (Å²) >= 11 is 4.67. The number of halogens is 2. The summed E-state index contributed by atoms with van der Waals surface area (Å²) in [4.78, 5) is 0. The Kier molecular flexibility index (Phi) is 7.05. The predicted octanol–water partition coefficient (Wildman–Crippen LogP) is 1.69. The van der Waals surface area contributed by atoms with Crippen LogP contribution in [-0.2, 0) is 0 Å². The van der Waals surface area contributed by atoms with E-state index in [1.54, 1.807) is 0 Å². The Bertz CT molecular complexity index is 58.0. The van der Waals surface area contributed by atoms with E-state index in [0.717, 1.165) is 6.67 Å². The van der Waals surface area contributed by atoms with Crippen LogP contribution in [0, 0.1) is 0 Å². The van der Waals surface area contributed by atoms with E-state index in [1.165, 1.54) is 0 Å². The molecule has 0 aliphatic rings. The summed E-state index contributed by atoms with van der Waals surface area (Å²) in [5, 5.41) is 6.50. The summed E-state index contributed by atoms with van der Waals surface area (Å²) in [7, 11) is 0. The Morgan fingerprint density at radius 3 is 1.67 bits per heavy atom. The normalized spacial score (nSPS) is 17.3. The molecular formula is C5H12I2N2. The molecule has 2 N–H and O–H groups in total. The molecule has 0 radical (unpaired) electrons. The van der Waals surface area contributed by atoms with Crippen LogP contribution in [0.25, 0.3) is 0 Å². The van der Waals surface area contributed by atoms with E-state index >= 15 is 0 Å².